The summed E-state index contributed by atoms with van der Waals surface area (Å²) in [7, 11) is 0. The molecule has 3 nitrogen and oxygen atoms in total. The maximum Gasteiger partial charge on any atom is 0.164 e. The Labute approximate surface area is 278 Å². The molecule has 48 heavy (non-hydrogen) atoms. The SMILES string of the molecule is c1ccc(-c2ccc3cc(-c4nc(-c5ccc6ccccc6c5)nc(-c5cc6ccccc6cc5-c5ccccc5)n4)ccc3c2)cc1. The lowest BCUT2D eigenvalue weighted by Gasteiger charge is -2.14. The van der Waals surface area contributed by atoms with Crippen molar-refractivity contribution in [2.75, 3.05) is 0 Å². The number of benzene rings is 8. The number of hydrogen-bond donors (Lipinski definition) is 0. The predicted octanol–water partition coefficient (Wildman–Crippen LogP) is 11.7. The van der Waals surface area contributed by atoms with Gasteiger partial charge in [0.2, 0.25) is 0 Å². The van der Waals surface area contributed by atoms with E-state index in [0.29, 0.717) is 17.5 Å². The fraction of sp³-hybridized carbons (Fsp3) is 0. The molecule has 0 aliphatic rings. The molecule has 0 N–H and O–H groups in total. The highest BCUT2D eigenvalue weighted by Gasteiger charge is 2.17. The van der Waals surface area contributed by atoms with Gasteiger partial charge in [-0.2, -0.15) is 0 Å². The maximum atomic E-state index is 5.20. The number of fused-ring (bicyclic) bond motifs is 3. The van der Waals surface area contributed by atoms with Gasteiger partial charge in [-0.15, -0.1) is 0 Å². The smallest absolute Gasteiger partial charge is 0.164 e. The van der Waals surface area contributed by atoms with Crippen LogP contribution in [0.15, 0.2) is 176 Å². The maximum absolute atomic E-state index is 5.20. The van der Waals surface area contributed by atoms with Crippen molar-refractivity contribution in [3.63, 3.8) is 0 Å². The molecule has 9 rings (SSSR count). The molecule has 0 saturated carbocycles. The van der Waals surface area contributed by atoms with Crippen molar-refractivity contribution >= 4 is 32.3 Å². The first-order valence-corrected chi connectivity index (χ1v) is 16.2. The van der Waals surface area contributed by atoms with Crippen molar-refractivity contribution in [1.82, 2.24) is 15.0 Å². The number of hydrogen-bond acceptors (Lipinski definition) is 3. The van der Waals surface area contributed by atoms with Crippen LogP contribution in [0.25, 0.3) is 88.7 Å². The first-order valence-electron chi connectivity index (χ1n) is 16.2. The second kappa shape index (κ2) is 11.7. The zero-order chi connectivity index (χ0) is 31.9. The molecule has 1 aromatic heterocycles. The van der Waals surface area contributed by atoms with Crippen LogP contribution in [0.4, 0.5) is 0 Å². The van der Waals surface area contributed by atoms with Crippen LogP contribution >= 0.6 is 0 Å². The molecule has 0 radical (unpaired) electrons. The summed E-state index contributed by atoms with van der Waals surface area (Å²) >= 11 is 0. The average molecular weight is 612 g/mol. The predicted molar refractivity (Wildman–Crippen MR) is 200 cm³/mol. The van der Waals surface area contributed by atoms with Crippen molar-refractivity contribution in [2.45, 2.75) is 0 Å². The Morgan fingerprint density at radius 1 is 0.229 bits per heavy atom. The van der Waals surface area contributed by atoms with Gasteiger partial charge in [0.25, 0.3) is 0 Å². The normalized spacial score (nSPS) is 11.3. The van der Waals surface area contributed by atoms with Crippen LogP contribution < -0.4 is 0 Å². The molecule has 0 saturated heterocycles. The Morgan fingerprint density at radius 2 is 0.625 bits per heavy atom. The van der Waals surface area contributed by atoms with Crippen molar-refractivity contribution < 1.29 is 0 Å². The van der Waals surface area contributed by atoms with Gasteiger partial charge >= 0.3 is 0 Å². The summed E-state index contributed by atoms with van der Waals surface area (Å²) in [6.07, 6.45) is 0. The zero-order valence-electron chi connectivity index (χ0n) is 26.1. The summed E-state index contributed by atoms with van der Waals surface area (Å²) in [5.41, 5.74) is 7.47. The van der Waals surface area contributed by atoms with E-state index in [1.807, 2.05) is 12.1 Å². The molecule has 8 aromatic carbocycles. The van der Waals surface area contributed by atoms with E-state index in [1.165, 1.54) is 27.3 Å². The molecule has 0 aliphatic carbocycles. The molecule has 0 fully saturated rings. The molecular formula is C45H29N3. The summed E-state index contributed by atoms with van der Waals surface area (Å²) in [6, 6.07) is 61.8. The van der Waals surface area contributed by atoms with E-state index in [-0.39, 0.29) is 0 Å². The standard InChI is InChI=1S/C45H29N3/c1-3-11-30(12-4-1)36-20-21-38-27-40(24-22-37(38)25-36)44-46-43(39-23-19-31-13-7-8-16-33(31)26-39)47-45(48-44)42-29-35-18-10-9-17-34(35)28-41(42)32-14-5-2-6-15-32/h1-29H. The van der Waals surface area contributed by atoms with Crippen LogP contribution in [0.3, 0.4) is 0 Å². The van der Waals surface area contributed by atoms with Gasteiger partial charge in [-0.3, -0.25) is 0 Å². The Bertz CT molecular complexity index is 2610. The van der Waals surface area contributed by atoms with Gasteiger partial charge in [-0.05, 0) is 84.9 Å². The van der Waals surface area contributed by atoms with Crippen LogP contribution in [0.1, 0.15) is 0 Å². The molecular weight excluding hydrogens is 583 g/mol. The Hall–Kier alpha value is -6.45. The second-order valence-corrected chi connectivity index (χ2v) is 12.1. The monoisotopic (exact) mass is 611 g/mol. The summed E-state index contributed by atoms with van der Waals surface area (Å²) in [4.78, 5) is 15.5. The molecule has 9 aromatic rings. The first-order chi connectivity index (χ1) is 23.7. The van der Waals surface area contributed by atoms with Gasteiger partial charge < -0.3 is 0 Å². The van der Waals surface area contributed by atoms with Gasteiger partial charge in [0, 0.05) is 16.7 Å². The lowest BCUT2D eigenvalue weighted by molar-refractivity contribution is 1.08. The van der Waals surface area contributed by atoms with E-state index in [0.717, 1.165) is 44.0 Å². The fourth-order valence-electron chi connectivity index (χ4n) is 6.56. The quantitative estimate of drug-likeness (QED) is 0.194. The minimum Gasteiger partial charge on any atom is -0.208 e. The molecule has 0 aliphatic heterocycles. The first kappa shape index (κ1) is 27.8. The molecule has 0 unspecified atom stereocenters. The minimum atomic E-state index is 0.643. The molecule has 3 heteroatoms. The largest absolute Gasteiger partial charge is 0.208 e. The number of nitrogens with zero attached hydrogens (tertiary/aromatic N) is 3. The Morgan fingerprint density at radius 3 is 1.23 bits per heavy atom. The fourth-order valence-corrected chi connectivity index (χ4v) is 6.56. The third kappa shape index (κ3) is 5.18. The Balaban J connectivity index is 1.25. The van der Waals surface area contributed by atoms with E-state index in [9.17, 15) is 0 Å². The van der Waals surface area contributed by atoms with Crippen LogP contribution in [0.5, 0.6) is 0 Å². The molecule has 0 atom stereocenters. The highest BCUT2D eigenvalue weighted by Crippen LogP contribution is 2.36. The van der Waals surface area contributed by atoms with Crippen LogP contribution in [0.2, 0.25) is 0 Å². The third-order valence-corrected chi connectivity index (χ3v) is 9.06. The average Bonchev–Trinajstić information content (AvgIpc) is 3.17. The van der Waals surface area contributed by atoms with Gasteiger partial charge in [0.05, 0.1) is 0 Å². The minimum absolute atomic E-state index is 0.643. The number of aromatic nitrogens is 3. The summed E-state index contributed by atoms with van der Waals surface area (Å²) in [6.45, 7) is 0. The molecule has 0 spiro atoms. The number of rotatable bonds is 5. The highest BCUT2D eigenvalue weighted by atomic mass is 15.0. The topological polar surface area (TPSA) is 38.7 Å². The van der Waals surface area contributed by atoms with Crippen LogP contribution in [-0.2, 0) is 0 Å². The van der Waals surface area contributed by atoms with Crippen molar-refractivity contribution in [1.29, 1.82) is 0 Å². The molecule has 1 heterocycles. The van der Waals surface area contributed by atoms with Crippen molar-refractivity contribution in [2.24, 2.45) is 0 Å². The van der Waals surface area contributed by atoms with E-state index < -0.39 is 0 Å². The van der Waals surface area contributed by atoms with E-state index in [4.69, 9.17) is 15.0 Å². The molecule has 224 valence electrons. The van der Waals surface area contributed by atoms with E-state index >= 15 is 0 Å². The summed E-state index contributed by atoms with van der Waals surface area (Å²) < 4.78 is 0. The Kier molecular flexibility index (Phi) is 6.80. The zero-order valence-corrected chi connectivity index (χ0v) is 26.1. The van der Waals surface area contributed by atoms with Gasteiger partial charge in [0.15, 0.2) is 17.5 Å². The van der Waals surface area contributed by atoms with Gasteiger partial charge in [-0.1, -0.05) is 146 Å². The lowest BCUT2D eigenvalue weighted by Crippen LogP contribution is -2.01. The van der Waals surface area contributed by atoms with Crippen molar-refractivity contribution in [3.8, 4) is 56.4 Å². The van der Waals surface area contributed by atoms with Crippen molar-refractivity contribution in [3.05, 3.63) is 176 Å². The van der Waals surface area contributed by atoms with E-state index in [2.05, 4.69) is 164 Å². The summed E-state index contributed by atoms with van der Waals surface area (Å²) in [5, 5.41) is 6.95. The molecule has 0 amide bonds. The third-order valence-electron chi connectivity index (χ3n) is 9.06. The van der Waals surface area contributed by atoms with Gasteiger partial charge in [-0.25, -0.2) is 15.0 Å². The highest BCUT2D eigenvalue weighted by molar-refractivity contribution is 5.96. The van der Waals surface area contributed by atoms with Gasteiger partial charge in [0.1, 0.15) is 0 Å². The van der Waals surface area contributed by atoms with E-state index in [1.54, 1.807) is 0 Å². The van der Waals surface area contributed by atoms with Crippen LogP contribution in [0, 0.1) is 0 Å². The lowest BCUT2D eigenvalue weighted by atomic mass is 9.95. The second-order valence-electron chi connectivity index (χ2n) is 12.1. The van der Waals surface area contributed by atoms with Crippen LogP contribution in [-0.4, -0.2) is 15.0 Å². The molecule has 0 bridgehead atoms. The summed E-state index contributed by atoms with van der Waals surface area (Å²) in [5.74, 6) is 1.93.